The van der Waals surface area contributed by atoms with E-state index < -0.39 is 45.7 Å². The highest BCUT2D eigenvalue weighted by Crippen LogP contribution is 2.57. The Bertz CT molecular complexity index is 1510. The van der Waals surface area contributed by atoms with Crippen molar-refractivity contribution < 1.29 is 26.3 Å². The van der Waals surface area contributed by atoms with Crippen LogP contribution in [0.15, 0.2) is 109 Å². The van der Waals surface area contributed by atoms with Gasteiger partial charge in [-0.3, -0.25) is 0 Å². The number of benzene rings is 5. The summed E-state index contributed by atoms with van der Waals surface area (Å²) in [6.45, 7) is 0. The Hall–Kier alpha value is -3.74. The normalized spacial score (nSPS) is 12.0. The molecule has 0 radical (unpaired) electrons. The molecule has 0 unspecified atom stereocenters. The summed E-state index contributed by atoms with van der Waals surface area (Å²) >= 11 is 12.0. The minimum absolute atomic E-state index is 0.00273. The minimum atomic E-state index is -5.05. The highest BCUT2D eigenvalue weighted by atomic mass is 35.5. The van der Waals surface area contributed by atoms with Crippen LogP contribution in [-0.4, -0.2) is 0 Å². The third-order valence-electron chi connectivity index (χ3n) is 6.46. The third kappa shape index (κ3) is 5.34. The SMILES string of the molecule is FC(F)(F)c1c(-c2ccccc2)c(-c2ccccc2)c(C(F)(F)F)c(-c2ccc(Cl)cc2)c1-c1ccc(Cl)cc1. The van der Waals surface area contributed by atoms with Crippen molar-refractivity contribution in [3.63, 3.8) is 0 Å². The summed E-state index contributed by atoms with van der Waals surface area (Å²) in [5, 5.41) is 0.455. The van der Waals surface area contributed by atoms with Gasteiger partial charge in [0.2, 0.25) is 0 Å². The summed E-state index contributed by atoms with van der Waals surface area (Å²) < 4.78 is 91.9. The molecule has 202 valence electrons. The fraction of sp³-hybridized carbons (Fsp3) is 0.0625. The molecule has 0 aliphatic heterocycles. The summed E-state index contributed by atoms with van der Waals surface area (Å²) in [6.07, 6.45) is -10.1. The molecule has 8 heteroatoms. The van der Waals surface area contributed by atoms with Crippen molar-refractivity contribution >= 4 is 23.2 Å². The molecule has 5 aromatic carbocycles. The Balaban J connectivity index is 2.15. The zero-order valence-electron chi connectivity index (χ0n) is 20.4. The second-order valence-electron chi connectivity index (χ2n) is 8.99. The lowest BCUT2D eigenvalue weighted by Crippen LogP contribution is -2.18. The van der Waals surface area contributed by atoms with E-state index in [1.165, 1.54) is 97.1 Å². The Morgan fingerprint density at radius 3 is 0.850 bits per heavy atom. The van der Waals surface area contributed by atoms with E-state index in [0.29, 0.717) is 0 Å². The van der Waals surface area contributed by atoms with Crippen molar-refractivity contribution in [3.05, 3.63) is 130 Å². The van der Waals surface area contributed by atoms with Gasteiger partial charge in [-0.15, -0.1) is 0 Å². The fourth-order valence-electron chi connectivity index (χ4n) is 4.91. The van der Waals surface area contributed by atoms with Crippen molar-refractivity contribution in [2.45, 2.75) is 12.4 Å². The maximum atomic E-state index is 15.3. The largest absolute Gasteiger partial charge is 0.417 e. The fourth-order valence-corrected chi connectivity index (χ4v) is 5.17. The average Bonchev–Trinajstić information content (AvgIpc) is 2.92. The Morgan fingerprint density at radius 2 is 0.600 bits per heavy atom. The second-order valence-corrected chi connectivity index (χ2v) is 9.86. The minimum Gasteiger partial charge on any atom is -0.166 e. The maximum Gasteiger partial charge on any atom is 0.417 e. The van der Waals surface area contributed by atoms with Crippen molar-refractivity contribution in [1.82, 2.24) is 0 Å². The molecule has 0 bridgehead atoms. The molecule has 0 aliphatic rings. The van der Waals surface area contributed by atoms with Gasteiger partial charge in [0.1, 0.15) is 0 Å². The van der Waals surface area contributed by atoms with Crippen LogP contribution in [0.2, 0.25) is 10.0 Å². The maximum absolute atomic E-state index is 15.3. The number of hydrogen-bond acceptors (Lipinski definition) is 0. The van der Waals surface area contributed by atoms with Gasteiger partial charge in [0.25, 0.3) is 0 Å². The first-order valence-corrected chi connectivity index (χ1v) is 12.7. The molecule has 0 amide bonds. The van der Waals surface area contributed by atoms with E-state index in [-0.39, 0.29) is 32.3 Å². The molecule has 5 rings (SSSR count). The third-order valence-corrected chi connectivity index (χ3v) is 6.96. The molecule has 0 spiro atoms. The molecule has 0 saturated heterocycles. The summed E-state index contributed by atoms with van der Waals surface area (Å²) in [4.78, 5) is 0. The van der Waals surface area contributed by atoms with Gasteiger partial charge in [0.05, 0.1) is 11.1 Å². The van der Waals surface area contributed by atoms with Crippen LogP contribution in [0.5, 0.6) is 0 Å². The van der Waals surface area contributed by atoms with Crippen LogP contribution < -0.4 is 0 Å². The quantitative estimate of drug-likeness (QED) is 0.184. The van der Waals surface area contributed by atoms with Crippen molar-refractivity contribution in [3.8, 4) is 44.5 Å². The highest BCUT2D eigenvalue weighted by Gasteiger charge is 2.46. The van der Waals surface area contributed by atoms with E-state index in [2.05, 4.69) is 0 Å². The predicted octanol–water partition coefficient (Wildman–Crippen LogP) is 11.7. The lowest BCUT2D eigenvalue weighted by molar-refractivity contribution is -0.139. The van der Waals surface area contributed by atoms with Gasteiger partial charge >= 0.3 is 12.4 Å². The van der Waals surface area contributed by atoms with Crippen LogP contribution in [0.1, 0.15) is 11.1 Å². The second kappa shape index (κ2) is 10.7. The zero-order valence-corrected chi connectivity index (χ0v) is 21.9. The molecule has 0 aromatic heterocycles. The molecule has 0 nitrogen and oxygen atoms in total. The van der Waals surface area contributed by atoms with E-state index in [1.807, 2.05) is 0 Å². The lowest BCUT2D eigenvalue weighted by Gasteiger charge is -2.29. The predicted molar refractivity (Wildman–Crippen MR) is 148 cm³/mol. The van der Waals surface area contributed by atoms with E-state index in [4.69, 9.17) is 23.2 Å². The number of alkyl halides is 6. The summed E-state index contributed by atoms with van der Waals surface area (Å²) in [7, 11) is 0. The molecule has 40 heavy (non-hydrogen) atoms. The van der Waals surface area contributed by atoms with Crippen molar-refractivity contribution in [2.24, 2.45) is 0 Å². The Kier molecular flexibility index (Phi) is 7.42. The molecule has 0 N–H and O–H groups in total. The van der Waals surface area contributed by atoms with Crippen molar-refractivity contribution in [1.29, 1.82) is 0 Å². The summed E-state index contributed by atoms with van der Waals surface area (Å²) in [5.74, 6) is 0. The summed E-state index contributed by atoms with van der Waals surface area (Å²) in [5.41, 5.74) is -4.82. The van der Waals surface area contributed by atoms with Crippen LogP contribution >= 0.6 is 23.2 Å². The van der Waals surface area contributed by atoms with Crippen LogP contribution in [0.25, 0.3) is 44.5 Å². The van der Waals surface area contributed by atoms with Gasteiger partial charge in [-0.2, -0.15) is 26.3 Å². The van der Waals surface area contributed by atoms with Crippen LogP contribution in [0.3, 0.4) is 0 Å². The van der Waals surface area contributed by atoms with Gasteiger partial charge in [-0.05, 0) is 46.5 Å². The van der Waals surface area contributed by atoms with Gasteiger partial charge in [-0.1, -0.05) is 108 Å². The topological polar surface area (TPSA) is 0 Å². The number of rotatable bonds is 4. The van der Waals surface area contributed by atoms with Gasteiger partial charge in [0, 0.05) is 32.3 Å². The molecule has 0 atom stereocenters. The summed E-state index contributed by atoms with van der Waals surface area (Å²) in [6, 6.07) is 25.2. The van der Waals surface area contributed by atoms with E-state index in [1.54, 1.807) is 12.1 Å². The zero-order chi connectivity index (χ0) is 28.7. The first-order valence-electron chi connectivity index (χ1n) is 12.0. The number of halogens is 8. The van der Waals surface area contributed by atoms with E-state index >= 15 is 26.3 Å². The lowest BCUT2D eigenvalue weighted by atomic mass is 9.77. The Labute approximate surface area is 236 Å². The molecule has 0 heterocycles. The average molecular weight is 587 g/mol. The van der Waals surface area contributed by atoms with Crippen LogP contribution in [-0.2, 0) is 12.4 Å². The van der Waals surface area contributed by atoms with E-state index in [0.717, 1.165) is 0 Å². The van der Waals surface area contributed by atoms with E-state index in [9.17, 15) is 0 Å². The van der Waals surface area contributed by atoms with Gasteiger partial charge in [-0.25, -0.2) is 0 Å². The van der Waals surface area contributed by atoms with Gasteiger partial charge < -0.3 is 0 Å². The monoisotopic (exact) mass is 586 g/mol. The van der Waals surface area contributed by atoms with Crippen LogP contribution in [0, 0.1) is 0 Å². The molecular formula is C32H18Cl2F6. The number of hydrogen-bond donors (Lipinski definition) is 0. The molecule has 0 fully saturated rings. The first-order chi connectivity index (χ1) is 19.0. The Morgan fingerprint density at radius 1 is 0.350 bits per heavy atom. The molecule has 0 saturated carbocycles. The van der Waals surface area contributed by atoms with Crippen molar-refractivity contribution in [2.75, 3.05) is 0 Å². The van der Waals surface area contributed by atoms with Crippen LogP contribution in [0.4, 0.5) is 26.3 Å². The molecule has 5 aromatic rings. The smallest absolute Gasteiger partial charge is 0.166 e. The molecular weight excluding hydrogens is 569 g/mol. The first kappa shape index (κ1) is 27.8. The van der Waals surface area contributed by atoms with Gasteiger partial charge in [0.15, 0.2) is 0 Å². The highest BCUT2D eigenvalue weighted by molar-refractivity contribution is 6.31. The molecule has 0 aliphatic carbocycles. The standard InChI is InChI=1S/C32H18Cl2F6/c33-23-15-11-21(12-16-23)27-28(22-13-17-24(34)18-14-22)30(32(38,39)40)26(20-9-5-2-6-10-20)25(29(27)31(35,36)37)19-7-3-1-4-8-19/h1-18H.